The number of sulfonamides is 1. The number of carboxylic acid groups (broad SMARTS) is 1. The molecule has 1 fully saturated rings. The Morgan fingerprint density at radius 2 is 2.28 bits per heavy atom. The Hall–Kier alpha value is -0.990. The molecule has 100 valence electrons. The van der Waals surface area contributed by atoms with Gasteiger partial charge in [0.05, 0.1) is 5.51 Å². The van der Waals surface area contributed by atoms with Crippen LogP contribution in [0.15, 0.2) is 9.72 Å². The van der Waals surface area contributed by atoms with Gasteiger partial charge in [-0.15, -0.1) is 11.3 Å². The van der Waals surface area contributed by atoms with Gasteiger partial charge in [0, 0.05) is 12.6 Å². The Balaban J connectivity index is 2.41. The second-order valence-electron chi connectivity index (χ2n) is 4.25. The number of aromatic nitrogens is 1. The van der Waals surface area contributed by atoms with E-state index in [0.717, 1.165) is 30.6 Å². The molecule has 0 aromatic carbocycles. The molecule has 1 saturated heterocycles. The maximum Gasteiger partial charge on any atom is 0.356 e. The van der Waals surface area contributed by atoms with Gasteiger partial charge >= 0.3 is 5.97 Å². The van der Waals surface area contributed by atoms with Gasteiger partial charge in [-0.3, -0.25) is 0 Å². The number of nitrogens with zero attached hydrogens (tertiary/aromatic N) is 2. The predicted octanol–water partition coefficient (Wildman–Crippen LogP) is 1.40. The van der Waals surface area contributed by atoms with E-state index in [1.807, 2.05) is 6.92 Å². The van der Waals surface area contributed by atoms with Gasteiger partial charge < -0.3 is 5.11 Å². The van der Waals surface area contributed by atoms with Crippen molar-refractivity contribution in [2.45, 2.75) is 36.4 Å². The standard InChI is InChI=1S/C10H14N2O4S2/c1-7-4-2-3-5-12(7)18(15,16)10-8(9(13)14)11-6-17-10/h6-7H,2-5H2,1H3,(H,13,14). The first-order valence-corrected chi connectivity index (χ1v) is 7.95. The van der Waals surface area contributed by atoms with Crippen molar-refractivity contribution in [2.24, 2.45) is 0 Å². The molecule has 1 aromatic heterocycles. The third kappa shape index (κ3) is 2.27. The molecule has 1 aliphatic rings. The lowest BCUT2D eigenvalue weighted by Gasteiger charge is -2.31. The first kappa shape index (κ1) is 13.4. The molecule has 18 heavy (non-hydrogen) atoms. The molecule has 6 nitrogen and oxygen atoms in total. The molecule has 1 aromatic rings. The fourth-order valence-electron chi connectivity index (χ4n) is 2.10. The zero-order chi connectivity index (χ0) is 13.3. The average Bonchev–Trinajstić information content (AvgIpc) is 2.78. The Labute approximate surface area is 109 Å². The summed E-state index contributed by atoms with van der Waals surface area (Å²) in [4.78, 5) is 14.6. The normalized spacial score (nSPS) is 21.9. The first-order chi connectivity index (χ1) is 8.44. The second kappa shape index (κ2) is 4.94. The van der Waals surface area contributed by atoms with Crippen LogP contribution in [-0.4, -0.2) is 41.4 Å². The third-order valence-electron chi connectivity index (χ3n) is 3.02. The van der Waals surface area contributed by atoms with Gasteiger partial charge in [-0.25, -0.2) is 18.2 Å². The molecule has 1 aliphatic heterocycles. The Morgan fingerprint density at radius 3 is 2.89 bits per heavy atom. The molecular weight excluding hydrogens is 276 g/mol. The zero-order valence-electron chi connectivity index (χ0n) is 9.87. The van der Waals surface area contributed by atoms with Crippen molar-refractivity contribution in [2.75, 3.05) is 6.54 Å². The minimum Gasteiger partial charge on any atom is -0.476 e. The van der Waals surface area contributed by atoms with E-state index >= 15 is 0 Å². The first-order valence-electron chi connectivity index (χ1n) is 5.63. The van der Waals surface area contributed by atoms with Crippen LogP contribution in [0.4, 0.5) is 0 Å². The summed E-state index contributed by atoms with van der Waals surface area (Å²) in [6, 6.07) is -0.0903. The number of hydrogen-bond acceptors (Lipinski definition) is 5. The van der Waals surface area contributed by atoms with E-state index in [9.17, 15) is 13.2 Å². The SMILES string of the molecule is CC1CCCCN1S(=O)(=O)c1scnc1C(=O)O. The van der Waals surface area contributed by atoms with Gasteiger partial charge in [0.1, 0.15) is 0 Å². The summed E-state index contributed by atoms with van der Waals surface area (Å²) in [6.07, 6.45) is 2.62. The summed E-state index contributed by atoms with van der Waals surface area (Å²) in [5.74, 6) is -1.31. The third-order valence-corrected chi connectivity index (χ3v) is 6.38. The molecule has 1 atom stereocenters. The van der Waals surface area contributed by atoms with Crippen LogP contribution < -0.4 is 0 Å². The number of piperidine rings is 1. The molecule has 0 bridgehead atoms. The summed E-state index contributed by atoms with van der Waals surface area (Å²) in [5.41, 5.74) is 0.878. The maximum atomic E-state index is 12.4. The van der Waals surface area contributed by atoms with E-state index in [1.165, 1.54) is 9.82 Å². The highest BCUT2D eigenvalue weighted by atomic mass is 32.2. The van der Waals surface area contributed by atoms with Crippen molar-refractivity contribution in [1.82, 2.24) is 9.29 Å². The fourth-order valence-corrected chi connectivity index (χ4v) is 5.05. The number of carbonyl (C=O) groups is 1. The van der Waals surface area contributed by atoms with Crippen molar-refractivity contribution >= 4 is 27.3 Å². The minimum absolute atomic E-state index is 0.0903. The van der Waals surface area contributed by atoms with Crippen LogP contribution in [0.5, 0.6) is 0 Å². The molecule has 0 spiro atoms. The lowest BCUT2D eigenvalue weighted by Crippen LogP contribution is -2.42. The number of aromatic carboxylic acids is 1. The van der Waals surface area contributed by atoms with Gasteiger partial charge in [0.2, 0.25) is 0 Å². The zero-order valence-corrected chi connectivity index (χ0v) is 11.5. The van der Waals surface area contributed by atoms with Gasteiger partial charge in [0.25, 0.3) is 10.0 Å². The van der Waals surface area contributed by atoms with Crippen molar-refractivity contribution in [1.29, 1.82) is 0 Å². The molecular formula is C10H14N2O4S2. The van der Waals surface area contributed by atoms with E-state index in [2.05, 4.69) is 4.98 Å². The van der Waals surface area contributed by atoms with Crippen molar-refractivity contribution < 1.29 is 18.3 Å². The molecule has 0 saturated carbocycles. The molecule has 0 radical (unpaired) electrons. The van der Waals surface area contributed by atoms with Crippen molar-refractivity contribution in [3.63, 3.8) is 0 Å². The Morgan fingerprint density at radius 1 is 1.56 bits per heavy atom. The van der Waals surface area contributed by atoms with E-state index in [1.54, 1.807) is 0 Å². The number of carboxylic acids is 1. The molecule has 8 heteroatoms. The molecule has 0 aliphatic carbocycles. The predicted molar refractivity (Wildman–Crippen MR) is 66.3 cm³/mol. The van der Waals surface area contributed by atoms with Crippen LogP contribution in [0.1, 0.15) is 36.7 Å². The average molecular weight is 290 g/mol. The van der Waals surface area contributed by atoms with Gasteiger partial charge in [-0.1, -0.05) is 6.42 Å². The van der Waals surface area contributed by atoms with Gasteiger partial charge in [0.15, 0.2) is 9.90 Å². The molecule has 2 heterocycles. The highest BCUT2D eigenvalue weighted by molar-refractivity contribution is 7.91. The van der Waals surface area contributed by atoms with Crippen LogP contribution >= 0.6 is 11.3 Å². The largest absolute Gasteiger partial charge is 0.476 e. The summed E-state index contributed by atoms with van der Waals surface area (Å²) in [5, 5.41) is 8.94. The summed E-state index contributed by atoms with van der Waals surface area (Å²) in [7, 11) is -3.74. The van der Waals surface area contributed by atoms with Gasteiger partial charge in [-0.05, 0) is 19.8 Å². The maximum absolute atomic E-state index is 12.4. The van der Waals surface area contributed by atoms with E-state index in [0.29, 0.717) is 6.54 Å². The lowest BCUT2D eigenvalue weighted by atomic mass is 10.1. The number of hydrogen-bond donors (Lipinski definition) is 1. The minimum atomic E-state index is -3.74. The van der Waals surface area contributed by atoms with E-state index in [4.69, 9.17) is 5.11 Å². The molecule has 1 unspecified atom stereocenters. The summed E-state index contributed by atoms with van der Waals surface area (Å²) in [6.45, 7) is 2.29. The lowest BCUT2D eigenvalue weighted by molar-refractivity contribution is 0.0687. The highest BCUT2D eigenvalue weighted by Crippen LogP contribution is 2.29. The van der Waals surface area contributed by atoms with Crippen molar-refractivity contribution in [3.05, 3.63) is 11.2 Å². The fraction of sp³-hybridized carbons (Fsp3) is 0.600. The molecule has 2 rings (SSSR count). The summed E-state index contributed by atoms with van der Waals surface area (Å²) >= 11 is 0.859. The second-order valence-corrected chi connectivity index (χ2v) is 7.19. The quantitative estimate of drug-likeness (QED) is 0.909. The smallest absolute Gasteiger partial charge is 0.356 e. The number of rotatable bonds is 3. The monoisotopic (exact) mass is 290 g/mol. The Bertz CT molecular complexity index is 552. The van der Waals surface area contributed by atoms with Crippen LogP contribution in [0.2, 0.25) is 0 Å². The van der Waals surface area contributed by atoms with Crippen LogP contribution in [0.3, 0.4) is 0 Å². The summed E-state index contributed by atoms with van der Waals surface area (Å²) < 4.78 is 26.1. The molecule has 0 amide bonds. The Kier molecular flexibility index (Phi) is 3.69. The topological polar surface area (TPSA) is 87.6 Å². The van der Waals surface area contributed by atoms with Crippen LogP contribution in [0, 0.1) is 0 Å². The number of thiazole rings is 1. The van der Waals surface area contributed by atoms with Crippen LogP contribution in [-0.2, 0) is 10.0 Å². The highest BCUT2D eigenvalue weighted by Gasteiger charge is 2.35. The molecule has 1 N–H and O–H groups in total. The van der Waals surface area contributed by atoms with Crippen molar-refractivity contribution in [3.8, 4) is 0 Å². The van der Waals surface area contributed by atoms with E-state index < -0.39 is 16.0 Å². The van der Waals surface area contributed by atoms with E-state index in [-0.39, 0.29) is 15.9 Å². The van der Waals surface area contributed by atoms with Gasteiger partial charge in [-0.2, -0.15) is 4.31 Å². The van der Waals surface area contributed by atoms with Crippen LogP contribution in [0.25, 0.3) is 0 Å².